The molecule has 1 aromatic carbocycles. The average molecular weight is 284 g/mol. The van der Waals surface area contributed by atoms with Crippen LogP contribution in [0.25, 0.3) is 0 Å². The minimum absolute atomic E-state index is 0.0560. The molecule has 2 aliphatic heterocycles. The second-order valence-corrected chi connectivity index (χ2v) is 6.62. The van der Waals surface area contributed by atoms with E-state index in [4.69, 9.17) is 4.74 Å². The maximum atomic E-state index is 11.7. The fraction of sp³-hybridized carbons (Fsp3) is 0.471. The van der Waals surface area contributed by atoms with Gasteiger partial charge in [-0.05, 0) is 30.5 Å². The highest BCUT2D eigenvalue weighted by atomic mass is 16.6. The Morgan fingerprint density at radius 1 is 1.29 bits per heavy atom. The van der Waals surface area contributed by atoms with Gasteiger partial charge in [-0.1, -0.05) is 25.1 Å². The lowest BCUT2D eigenvalue weighted by Crippen LogP contribution is -2.63. The highest BCUT2D eigenvalue weighted by molar-refractivity contribution is 5.75. The molecule has 110 valence electrons. The third kappa shape index (κ3) is 1.33. The number of carbonyl (C=O) groups is 1. The molecule has 21 heavy (non-hydrogen) atoms. The van der Waals surface area contributed by atoms with Crippen molar-refractivity contribution in [3.8, 4) is 0 Å². The number of carbonyl (C=O) groups excluding carboxylic acids is 1. The maximum Gasteiger partial charge on any atom is 0.413 e. The van der Waals surface area contributed by atoms with Gasteiger partial charge in [0.15, 0.2) is 0 Å². The second kappa shape index (κ2) is 3.81. The normalized spacial score (nSPS) is 35.6. The summed E-state index contributed by atoms with van der Waals surface area (Å²) in [6.07, 6.45) is 2.78. The van der Waals surface area contributed by atoms with Gasteiger partial charge in [0.1, 0.15) is 6.61 Å². The number of nitrogens with zero attached hydrogens (tertiary/aromatic N) is 2. The molecule has 1 amide bonds. The molecule has 4 nitrogen and oxygen atoms in total. The van der Waals surface area contributed by atoms with E-state index in [0.717, 1.165) is 6.42 Å². The van der Waals surface area contributed by atoms with Crippen molar-refractivity contribution in [1.29, 1.82) is 0 Å². The number of likely N-dealkylation sites (N-methyl/N-ethyl adjacent to an activating group) is 1. The average Bonchev–Trinajstić information content (AvgIpc) is 2.94. The van der Waals surface area contributed by atoms with E-state index in [1.54, 1.807) is 4.90 Å². The Kier molecular flexibility index (Phi) is 2.31. The zero-order valence-corrected chi connectivity index (χ0v) is 12.7. The Morgan fingerprint density at radius 3 is 2.76 bits per heavy atom. The van der Waals surface area contributed by atoms with Crippen molar-refractivity contribution >= 4 is 11.8 Å². The Bertz CT molecular complexity index is 669. The van der Waals surface area contributed by atoms with Gasteiger partial charge in [0, 0.05) is 24.4 Å². The van der Waals surface area contributed by atoms with Gasteiger partial charge in [-0.3, -0.25) is 4.90 Å². The van der Waals surface area contributed by atoms with Gasteiger partial charge in [-0.2, -0.15) is 0 Å². The minimum atomic E-state index is -0.224. The standard InChI is InChI=1S/C17H20N2O2/c1-16-10-12(11-19-8-9-21-15(19)20)17(16,2)18(3)14-7-5-4-6-13(14)16/h4-7,11H,8-10H2,1-3H3/b12-11-/t16-,17-/m1/s1. The Balaban J connectivity index is 1.76. The first kappa shape index (κ1) is 12.7. The summed E-state index contributed by atoms with van der Waals surface area (Å²) in [7, 11) is 2.15. The number of ether oxygens (including phenoxy) is 1. The molecule has 0 N–H and O–H groups in total. The van der Waals surface area contributed by atoms with Crippen LogP contribution in [0, 0.1) is 0 Å². The number of benzene rings is 1. The van der Waals surface area contributed by atoms with E-state index in [-0.39, 0.29) is 17.0 Å². The van der Waals surface area contributed by atoms with Crippen molar-refractivity contribution in [2.24, 2.45) is 0 Å². The van der Waals surface area contributed by atoms with Gasteiger partial charge >= 0.3 is 6.09 Å². The predicted octanol–water partition coefficient (Wildman–Crippen LogP) is 2.89. The smallest absolute Gasteiger partial charge is 0.413 e. The summed E-state index contributed by atoms with van der Waals surface area (Å²) in [5.41, 5.74) is 4.08. The Hall–Kier alpha value is -1.97. The van der Waals surface area contributed by atoms with E-state index >= 15 is 0 Å². The molecule has 2 atom stereocenters. The summed E-state index contributed by atoms with van der Waals surface area (Å²) in [5, 5.41) is 0. The van der Waals surface area contributed by atoms with Gasteiger partial charge in [-0.25, -0.2) is 4.79 Å². The molecule has 4 heteroatoms. The van der Waals surface area contributed by atoms with Crippen LogP contribution < -0.4 is 4.90 Å². The van der Waals surface area contributed by atoms with E-state index in [9.17, 15) is 4.79 Å². The van der Waals surface area contributed by atoms with Gasteiger partial charge in [0.2, 0.25) is 0 Å². The fourth-order valence-corrected chi connectivity index (χ4v) is 4.27. The van der Waals surface area contributed by atoms with E-state index < -0.39 is 0 Å². The van der Waals surface area contributed by atoms with Crippen molar-refractivity contribution in [3.63, 3.8) is 0 Å². The van der Waals surface area contributed by atoms with Crippen molar-refractivity contribution in [1.82, 2.24) is 4.90 Å². The first-order valence-corrected chi connectivity index (χ1v) is 7.46. The molecule has 2 heterocycles. The zero-order chi connectivity index (χ0) is 14.8. The number of anilines is 1. The molecule has 2 fully saturated rings. The molecular formula is C17H20N2O2. The minimum Gasteiger partial charge on any atom is -0.447 e. The third-order valence-electron chi connectivity index (χ3n) is 5.88. The SMILES string of the molecule is CN1c2ccccc2[C@@]2(C)C/C(=C/N3CCOC3=O)[C@@]12C. The van der Waals surface area contributed by atoms with Crippen LogP contribution in [0.3, 0.4) is 0 Å². The number of hydrogen-bond donors (Lipinski definition) is 0. The van der Waals surface area contributed by atoms with Gasteiger partial charge in [0.25, 0.3) is 0 Å². The number of para-hydroxylation sites is 1. The maximum absolute atomic E-state index is 11.7. The lowest BCUT2D eigenvalue weighted by Gasteiger charge is -2.57. The van der Waals surface area contributed by atoms with Crippen LogP contribution >= 0.6 is 0 Å². The van der Waals surface area contributed by atoms with Crippen LogP contribution in [-0.4, -0.2) is 36.7 Å². The molecule has 1 aromatic rings. The Labute approximate surface area is 125 Å². The summed E-state index contributed by atoms with van der Waals surface area (Å²) in [5.74, 6) is 0. The molecule has 4 rings (SSSR count). The van der Waals surface area contributed by atoms with E-state index in [1.165, 1.54) is 16.8 Å². The predicted molar refractivity (Wildman–Crippen MR) is 81.4 cm³/mol. The second-order valence-electron chi connectivity index (χ2n) is 6.62. The first-order valence-electron chi connectivity index (χ1n) is 7.46. The zero-order valence-electron chi connectivity index (χ0n) is 12.7. The molecule has 0 aromatic heterocycles. The highest BCUT2D eigenvalue weighted by Crippen LogP contribution is 2.64. The number of cyclic esters (lactones) is 1. The fourth-order valence-electron chi connectivity index (χ4n) is 4.27. The molecule has 3 aliphatic rings. The topological polar surface area (TPSA) is 32.8 Å². The van der Waals surface area contributed by atoms with Crippen LogP contribution in [0.5, 0.6) is 0 Å². The molecule has 1 aliphatic carbocycles. The molecule has 1 saturated heterocycles. The van der Waals surface area contributed by atoms with E-state index in [2.05, 4.69) is 50.1 Å². The summed E-state index contributed by atoms with van der Waals surface area (Å²) >= 11 is 0. The quantitative estimate of drug-likeness (QED) is 0.795. The lowest BCUT2D eigenvalue weighted by atomic mass is 9.52. The van der Waals surface area contributed by atoms with Crippen molar-refractivity contribution in [3.05, 3.63) is 41.6 Å². The Morgan fingerprint density at radius 2 is 2.05 bits per heavy atom. The molecule has 1 saturated carbocycles. The van der Waals surface area contributed by atoms with Crippen LogP contribution in [0.1, 0.15) is 25.8 Å². The molecule has 0 bridgehead atoms. The number of hydrogen-bond acceptors (Lipinski definition) is 3. The number of rotatable bonds is 1. The lowest BCUT2D eigenvalue weighted by molar-refractivity contribution is 0.164. The molecule has 0 spiro atoms. The summed E-state index contributed by atoms with van der Waals surface area (Å²) in [4.78, 5) is 15.7. The number of amides is 1. The van der Waals surface area contributed by atoms with Crippen LogP contribution in [-0.2, 0) is 10.2 Å². The third-order valence-corrected chi connectivity index (χ3v) is 5.88. The van der Waals surface area contributed by atoms with Crippen LogP contribution in [0.15, 0.2) is 36.0 Å². The van der Waals surface area contributed by atoms with E-state index in [0.29, 0.717) is 13.2 Å². The van der Waals surface area contributed by atoms with Crippen LogP contribution in [0.4, 0.5) is 10.5 Å². The van der Waals surface area contributed by atoms with E-state index in [1.807, 2.05) is 6.20 Å². The van der Waals surface area contributed by atoms with Gasteiger partial charge < -0.3 is 9.64 Å². The monoisotopic (exact) mass is 284 g/mol. The van der Waals surface area contributed by atoms with Crippen molar-refractivity contribution in [2.75, 3.05) is 25.1 Å². The first-order chi connectivity index (χ1) is 9.98. The summed E-state index contributed by atoms with van der Waals surface area (Å²) < 4.78 is 5.02. The molecular weight excluding hydrogens is 264 g/mol. The highest BCUT2D eigenvalue weighted by Gasteiger charge is 2.64. The van der Waals surface area contributed by atoms with Crippen molar-refractivity contribution in [2.45, 2.75) is 31.2 Å². The molecule has 0 unspecified atom stereocenters. The number of fused-ring (bicyclic) bond motifs is 3. The van der Waals surface area contributed by atoms with Gasteiger partial charge in [0.05, 0.1) is 12.1 Å². The summed E-state index contributed by atoms with van der Waals surface area (Å²) in [6, 6.07) is 8.63. The molecule has 0 radical (unpaired) electrons. The van der Waals surface area contributed by atoms with Crippen molar-refractivity contribution < 1.29 is 9.53 Å². The van der Waals surface area contributed by atoms with Crippen LogP contribution in [0.2, 0.25) is 0 Å². The summed E-state index contributed by atoms with van der Waals surface area (Å²) in [6.45, 7) is 5.76. The largest absolute Gasteiger partial charge is 0.447 e. The van der Waals surface area contributed by atoms with Gasteiger partial charge in [-0.15, -0.1) is 0 Å².